The van der Waals surface area contributed by atoms with Gasteiger partial charge in [-0.05, 0) is 39.2 Å². The zero-order valence-electron chi connectivity index (χ0n) is 14.6. The van der Waals surface area contributed by atoms with Gasteiger partial charge in [0.05, 0.1) is 0 Å². The lowest BCUT2D eigenvalue weighted by Gasteiger charge is -2.50. The lowest BCUT2D eigenvalue weighted by molar-refractivity contribution is -0.0164. The van der Waals surface area contributed by atoms with Crippen molar-refractivity contribution < 1.29 is 0 Å². The fraction of sp³-hybridized carbons (Fsp3) is 1.00. The first kappa shape index (κ1) is 16.3. The van der Waals surface area contributed by atoms with Crippen molar-refractivity contribution in [3.63, 3.8) is 0 Å². The highest BCUT2D eigenvalue weighted by Crippen LogP contribution is 2.24. The summed E-state index contributed by atoms with van der Waals surface area (Å²) in [4.78, 5) is 7.97. The molecule has 0 spiro atoms. The van der Waals surface area contributed by atoms with E-state index in [-0.39, 0.29) is 0 Å². The summed E-state index contributed by atoms with van der Waals surface area (Å²) in [6.45, 7) is 22.9. The van der Waals surface area contributed by atoms with Crippen LogP contribution in [0.25, 0.3) is 0 Å². The van der Waals surface area contributed by atoms with Crippen molar-refractivity contribution in [3.8, 4) is 0 Å². The molecule has 2 aliphatic rings. The molecule has 2 aliphatic heterocycles. The largest absolute Gasteiger partial charge is 0.300 e. The smallest absolute Gasteiger partial charge is 0.0351 e. The van der Waals surface area contributed by atoms with Crippen molar-refractivity contribution in [2.75, 3.05) is 45.8 Å². The van der Waals surface area contributed by atoms with Crippen molar-refractivity contribution in [1.29, 1.82) is 0 Å². The maximum Gasteiger partial charge on any atom is 0.0351 e. The van der Waals surface area contributed by atoms with Crippen molar-refractivity contribution in [3.05, 3.63) is 0 Å². The van der Waals surface area contributed by atoms with Gasteiger partial charge in [-0.2, -0.15) is 0 Å². The summed E-state index contributed by atoms with van der Waals surface area (Å²) in [5, 5.41) is 0. The van der Waals surface area contributed by atoms with E-state index >= 15 is 0 Å². The van der Waals surface area contributed by atoms with Gasteiger partial charge in [0.25, 0.3) is 0 Å². The summed E-state index contributed by atoms with van der Waals surface area (Å²) in [6, 6.07) is 0.831. The summed E-state index contributed by atoms with van der Waals surface area (Å²) >= 11 is 0. The van der Waals surface area contributed by atoms with Gasteiger partial charge in [-0.3, -0.25) is 9.80 Å². The van der Waals surface area contributed by atoms with E-state index in [1.807, 2.05) is 0 Å². The van der Waals surface area contributed by atoms with Gasteiger partial charge in [0, 0.05) is 50.8 Å². The van der Waals surface area contributed by atoms with E-state index in [9.17, 15) is 0 Å². The molecule has 3 heteroatoms. The summed E-state index contributed by atoms with van der Waals surface area (Å²) in [5.74, 6) is 0. The standard InChI is InChI=1S/C17H35N3/c1-16(2,3)7-8-18-13-15(14-18)19-9-11-20(12-10-19)17(4,5)6/h15H,7-14H2,1-6H3. The molecule has 0 aromatic rings. The molecule has 0 bridgehead atoms. The molecule has 2 fully saturated rings. The third kappa shape index (κ3) is 4.44. The monoisotopic (exact) mass is 281 g/mol. The summed E-state index contributed by atoms with van der Waals surface area (Å²) in [6.07, 6.45) is 1.32. The number of likely N-dealkylation sites (tertiary alicyclic amines) is 1. The van der Waals surface area contributed by atoms with Gasteiger partial charge < -0.3 is 4.90 Å². The van der Waals surface area contributed by atoms with Gasteiger partial charge in [-0.15, -0.1) is 0 Å². The Morgan fingerprint density at radius 3 is 1.85 bits per heavy atom. The molecular formula is C17H35N3. The van der Waals surface area contributed by atoms with Crippen LogP contribution < -0.4 is 0 Å². The van der Waals surface area contributed by atoms with Gasteiger partial charge in [0.2, 0.25) is 0 Å². The Balaban J connectivity index is 1.65. The first-order valence-corrected chi connectivity index (χ1v) is 8.37. The molecule has 0 unspecified atom stereocenters. The Hall–Kier alpha value is -0.120. The Morgan fingerprint density at radius 1 is 0.850 bits per heavy atom. The van der Waals surface area contributed by atoms with E-state index in [4.69, 9.17) is 0 Å². The second-order valence-corrected chi connectivity index (χ2v) is 8.92. The molecule has 118 valence electrons. The number of hydrogen-bond donors (Lipinski definition) is 0. The molecule has 2 saturated heterocycles. The van der Waals surface area contributed by atoms with Crippen LogP contribution in [0.3, 0.4) is 0 Å². The average Bonchev–Trinajstić information content (AvgIpc) is 2.24. The molecule has 0 aromatic heterocycles. The third-order valence-electron chi connectivity index (χ3n) is 4.90. The van der Waals surface area contributed by atoms with Gasteiger partial charge in [-0.25, -0.2) is 0 Å². The second-order valence-electron chi connectivity index (χ2n) is 8.92. The minimum atomic E-state index is 0.338. The molecule has 2 heterocycles. The van der Waals surface area contributed by atoms with E-state index in [1.54, 1.807) is 0 Å². The average molecular weight is 281 g/mol. The quantitative estimate of drug-likeness (QED) is 0.787. The highest BCUT2D eigenvalue weighted by Gasteiger charge is 2.35. The minimum absolute atomic E-state index is 0.338. The number of rotatable bonds is 3. The van der Waals surface area contributed by atoms with E-state index in [0.717, 1.165) is 6.04 Å². The fourth-order valence-corrected chi connectivity index (χ4v) is 3.21. The van der Waals surface area contributed by atoms with Crippen molar-refractivity contribution >= 4 is 0 Å². The van der Waals surface area contributed by atoms with Crippen LogP contribution in [0.5, 0.6) is 0 Å². The number of piperazine rings is 1. The maximum atomic E-state index is 2.72. The molecule has 3 nitrogen and oxygen atoms in total. The molecule has 2 rings (SSSR count). The molecule has 0 radical (unpaired) electrons. The molecule has 0 aliphatic carbocycles. The van der Waals surface area contributed by atoms with Crippen LogP contribution in [0, 0.1) is 5.41 Å². The van der Waals surface area contributed by atoms with Crippen molar-refractivity contribution in [1.82, 2.24) is 14.7 Å². The van der Waals surface area contributed by atoms with E-state index in [1.165, 1.54) is 52.2 Å². The summed E-state index contributed by atoms with van der Waals surface area (Å²) < 4.78 is 0. The van der Waals surface area contributed by atoms with Gasteiger partial charge in [0.15, 0.2) is 0 Å². The Bertz CT molecular complexity index is 299. The summed E-state index contributed by atoms with van der Waals surface area (Å²) in [5.41, 5.74) is 0.813. The van der Waals surface area contributed by atoms with Crippen LogP contribution in [-0.4, -0.2) is 72.1 Å². The molecule has 0 aromatic carbocycles. The Labute approximate surface area is 126 Å². The highest BCUT2D eigenvalue weighted by atomic mass is 15.4. The number of nitrogens with zero attached hydrogens (tertiary/aromatic N) is 3. The minimum Gasteiger partial charge on any atom is -0.300 e. The predicted molar refractivity (Wildman–Crippen MR) is 87.2 cm³/mol. The van der Waals surface area contributed by atoms with E-state index in [0.29, 0.717) is 11.0 Å². The van der Waals surface area contributed by atoms with E-state index in [2.05, 4.69) is 56.2 Å². The third-order valence-corrected chi connectivity index (χ3v) is 4.90. The first-order valence-electron chi connectivity index (χ1n) is 8.37. The Kier molecular flexibility index (Phi) is 4.83. The molecular weight excluding hydrogens is 246 g/mol. The maximum absolute atomic E-state index is 2.72. The predicted octanol–water partition coefficient (Wildman–Crippen LogP) is 2.52. The second kappa shape index (κ2) is 5.94. The lowest BCUT2D eigenvalue weighted by Crippen LogP contribution is -2.64. The highest BCUT2D eigenvalue weighted by molar-refractivity contribution is 4.92. The zero-order chi connectivity index (χ0) is 15.0. The number of hydrogen-bond acceptors (Lipinski definition) is 3. The van der Waals surface area contributed by atoms with Crippen molar-refractivity contribution in [2.45, 2.75) is 59.5 Å². The summed E-state index contributed by atoms with van der Waals surface area (Å²) in [7, 11) is 0. The molecule has 0 N–H and O–H groups in total. The van der Waals surface area contributed by atoms with Crippen LogP contribution in [0.2, 0.25) is 0 Å². The molecule has 0 saturated carbocycles. The topological polar surface area (TPSA) is 9.72 Å². The molecule has 0 amide bonds. The Morgan fingerprint density at radius 2 is 1.40 bits per heavy atom. The zero-order valence-corrected chi connectivity index (χ0v) is 14.6. The lowest BCUT2D eigenvalue weighted by atomic mass is 9.91. The SMILES string of the molecule is CC(C)(C)CCN1CC(N2CCN(C(C)(C)C)CC2)C1. The first-order chi connectivity index (χ1) is 9.15. The normalized spacial score (nSPS) is 24.9. The molecule has 0 atom stereocenters. The van der Waals surface area contributed by atoms with Crippen LogP contribution in [0.15, 0.2) is 0 Å². The van der Waals surface area contributed by atoms with Gasteiger partial charge in [0.1, 0.15) is 0 Å². The van der Waals surface area contributed by atoms with Crippen LogP contribution in [0.4, 0.5) is 0 Å². The van der Waals surface area contributed by atoms with Gasteiger partial charge >= 0.3 is 0 Å². The van der Waals surface area contributed by atoms with Crippen molar-refractivity contribution in [2.24, 2.45) is 5.41 Å². The fourth-order valence-electron chi connectivity index (χ4n) is 3.21. The van der Waals surface area contributed by atoms with Crippen LogP contribution in [-0.2, 0) is 0 Å². The van der Waals surface area contributed by atoms with Crippen LogP contribution >= 0.6 is 0 Å². The van der Waals surface area contributed by atoms with Crippen LogP contribution in [0.1, 0.15) is 48.0 Å². The molecule has 20 heavy (non-hydrogen) atoms. The van der Waals surface area contributed by atoms with Gasteiger partial charge in [-0.1, -0.05) is 20.8 Å². The van der Waals surface area contributed by atoms with E-state index < -0.39 is 0 Å².